The Morgan fingerprint density at radius 2 is 1.96 bits per heavy atom. The molecule has 1 aliphatic carbocycles. The highest BCUT2D eigenvalue weighted by molar-refractivity contribution is 6.09. The van der Waals surface area contributed by atoms with E-state index < -0.39 is 11.6 Å². The summed E-state index contributed by atoms with van der Waals surface area (Å²) in [7, 11) is 0. The van der Waals surface area contributed by atoms with Crippen LogP contribution in [0.5, 0.6) is 0 Å². The fourth-order valence-electron chi connectivity index (χ4n) is 4.34. The molecule has 4 amide bonds. The van der Waals surface area contributed by atoms with Gasteiger partial charge in [-0.2, -0.15) is 0 Å². The molecule has 1 saturated carbocycles. The third-order valence-corrected chi connectivity index (χ3v) is 6.31. The molecule has 0 radical (unpaired) electrons. The van der Waals surface area contributed by atoms with Gasteiger partial charge < -0.3 is 10.6 Å². The number of urea groups is 1. The number of hydrogen-bond donors (Lipinski definition) is 2. The van der Waals surface area contributed by atoms with Crippen molar-refractivity contribution in [2.75, 3.05) is 6.54 Å². The Kier molecular flexibility index (Phi) is 5.27. The monoisotopic (exact) mass is 371 g/mol. The van der Waals surface area contributed by atoms with Crippen molar-refractivity contribution in [3.63, 3.8) is 0 Å². The minimum Gasteiger partial charge on any atom is -0.352 e. The highest BCUT2D eigenvalue weighted by Crippen LogP contribution is 2.31. The maximum absolute atomic E-state index is 13.0. The first-order valence-corrected chi connectivity index (χ1v) is 9.73. The summed E-state index contributed by atoms with van der Waals surface area (Å²) >= 11 is 0. The van der Waals surface area contributed by atoms with Crippen LogP contribution in [0.25, 0.3) is 0 Å². The van der Waals surface area contributed by atoms with E-state index in [1.165, 1.54) is 6.42 Å². The fourth-order valence-corrected chi connectivity index (χ4v) is 4.34. The number of nitrogens with zero attached hydrogens (tertiary/aromatic N) is 1. The van der Waals surface area contributed by atoms with Gasteiger partial charge in [-0.25, -0.2) is 4.79 Å². The van der Waals surface area contributed by atoms with E-state index in [1.54, 1.807) is 6.92 Å². The van der Waals surface area contributed by atoms with E-state index >= 15 is 0 Å². The Hall–Kier alpha value is -2.37. The maximum Gasteiger partial charge on any atom is 0.325 e. The second-order valence-corrected chi connectivity index (χ2v) is 8.20. The Morgan fingerprint density at radius 3 is 2.67 bits per heavy atom. The number of amides is 4. The van der Waals surface area contributed by atoms with Crippen LogP contribution in [-0.4, -0.2) is 35.3 Å². The normalized spacial score (nSPS) is 31.0. The third-order valence-electron chi connectivity index (χ3n) is 6.31. The summed E-state index contributed by atoms with van der Waals surface area (Å²) in [4.78, 5) is 39.0. The third kappa shape index (κ3) is 3.57. The SMILES string of the molecule is Cc1ccccc1C1(C)NC(=O)N(CC(=O)NC2CCCC(C)C2C)C1=O. The van der Waals surface area contributed by atoms with Gasteiger partial charge in [0, 0.05) is 6.04 Å². The highest BCUT2D eigenvalue weighted by Gasteiger charge is 2.50. The van der Waals surface area contributed by atoms with E-state index in [4.69, 9.17) is 0 Å². The van der Waals surface area contributed by atoms with Crippen LogP contribution in [0.3, 0.4) is 0 Å². The van der Waals surface area contributed by atoms with Gasteiger partial charge in [0.1, 0.15) is 12.1 Å². The first kappa shape index (κ1) is 19.4. The number of aryl methyl sites for hydroxylation is 1. The van der Waals surface area contributed by atoms with E-state index in [1.807, 2.05) is 31.2 Å². The van der Waals surface area contributed by atoms with Gasteiger partial charge in [0.25, 0.3) is 5.91 Å². The van der Waals surface area contributed by atoms with Gasteiger partial charge >= 0.3 is 6.03 Å². The van der Waals surface area contributed by atoms with Gasteiger partial charge in [-0.05, 0) is 43.2 Å². The predicted molar refractivity (Wildman–Crippen MR) is 103 cm³/mol. The Labute approximate surface area is 160 Å². The lowest BCUT2D eigenvalue weighted by atomic mass is 9.78. The van der Waals surface area contributed by atoms with Crippen molar-refractivity contribution >= 4 is 17.8 Å². The van der Waals surface area contributed by atoms with Gasteiger partial charge in [0.2, 0.25) is 5.91 Å². The van der Waals surface area contributed by atoms with E-state index in [0.717, 1.165) is 28.9 Å². The summed E-state index contributed by atoms with van der Waals surface area (Å²) in [6.45, 7) is 7.70. The largest absolute Gasteiger partial charge is 0.352 e. The van der Waals surface area contributed by atoms with Crippen molar-refractivity contribution in [3.05, 3.63) is 35.4 Å². The number of rotatable bonds is 4. The number of hydrogen-bond acceptors (Lipinski definition) is 3. The van der Waals surface area contributed by atoms with E-state index in [0.29, 0.717) is 11.8 Å². The van der Waals surface area contributed by atoms with Crippen molar-refractivity contribution in [2.45, 2.75) is 58.5 Å². The predicted octanol–water partition coefficient (Wildman–Crippen LogP) is 2.70. The van der Waals surface area contributed by atoms with Crippen molar-refractivity contribution in [2.24, 2.45) is 11.8 Å². The molecule has 6 nitrogen and oxygen atoms in total. The molecule has 146 valence electrons. The van der Waals surface area contributed by atoms with E-state index in [9.17, 15) is 14.4 Å². The van der Waals surface area contributed by atoms with Crippen molar-refractivity contribution in [1.29, 1.82) is 0 Å². The molecule has 2 fully saturated rings. The Morgan fingerprint density at radius 1 is 1.26 bits per heavy atom. The summed E-state index contributed by atoms with van der Waals surface area (Å²) in [5.41, 5.74) is 0.529. The molecule has 4 atom stereocenters. The first-order chi connectivity index (χ1) is 12.7. The van der Waals surface area contributed by atoms with Crippen LogP contribution in [0.1, 0.15) is 51.2 Å². The standard InChI is InChI=1S/C21H29N3O3/c1-13-9-7-11-17(15(13)3)22-18(25)12-24-19(26)21(4,23-20(24)27)16-10-6-5-8-14(16)2/h5-6,8,10,13,15,17H,7,9,11-12H2,1-4H3,(H,22,25)(H,23,27). The second kappa shape index (κ2) is 7.33. The Balaban J connectivity index is 1.70. The molecule has 1 aromatic rings. The highest BCUT2D eigenvalue weighted by atomic mass is 16.2. The van der Waals surface area contributed by atoms with Gasteiger partial charge in [-0.3, -0.25) is 14.5 Å². The van der Waals surface area contributed by atoms with E-state index in [2.05, 4.69) is 24.5 Å². The lowest BCUT2D eigenvalue weighted by molar-refractivity contribution is -0.135. The average molecular weight is 371 g/mol. The van der Waals surface area contributed by atoms with Crippen LogP contribution in [0, 0.1) is 18.8 Å². The van der Waals surface area contributed by atoms with Crippen molar-refractivity contribution < 1.29 is 14.4 Å². The van der Waals surface area contributed by atoms with Gasteiger partial charge in [-0.15, -0.1) is 0 Å². The zero-order chi connectivity index (χ0) is 19.8. The molecule has 0 bridgehead atoms. The maximum atomic E-state index is 13.0. The molecule has 0 spiro atoms. The quantitative estimate of drug-likeness (QED) is 0.799. The van der Waals surface area contributed by atoms with Crippen LogP contribution in [0.2, 0.25) is 0 Å². The number of imide groups is 1. The van der Waals surface area contributed by atoms with Crippen LogP contribution in [-0.2, 0) is 15.1 Å². The zero-order valence-electron chi connectivity index (χ0n) is 16.5. The lowest BCUT2D eigenvalue weighted by Gasteiger charge is -2.34. The smallest absolute Gasteiger partial charge is 0.325 e. The molecule has 1 heterocycles. The summed E-state index contributed by atoms with van der Waals surface area (Å²) < 4.78 is 0. The zero-order valence-corrected chi connectivity index (χ0v) is 16.5. The number of nitrogens with one attached hydrogen (secondary N) is 2. The molecule has 2 aliphatic rings. The lowest BCUT2D eigenvalue weighted by Crippen LogP contribution is -2.49. The molecule has 1 aromatic carbocycles. The number of carbonyl (C=O) groups excluding carboxylic acids is 3. The van der Waals surface area contributed by atoms with Gasteiger partial charge in [0.15, 0.2) is 0 Å². The summed E-state index contributed by atoms with van der Waals surface area (Å²) in [6, 6.07) is 7.05. The minimum absolute atomic E-state index is 0.102. The molecular formula is C21H29N3O3. The van der Waals surface area contributed by atoms with Crippen LogP contribution in [0.4, 0.5) is 4.79 Å². The van der Waals surface area contributed by atoms with Crippen LogP contribution in [0.15, 0.2) is 24.3 Å². The van der Waals surface area contributed by atoms with Crippen LogP contribution < -0.4 is 10.6 Å². The summed E-state index contributed by atoms with van der Waals surface area (Å²) in [5.74, 6) is 0.286. The Bertz CT molecular complexity index is 763. The van der Waals surface area contributed by atoms with Crippen LogP contribution >= 0.6 is 0 Å². The number of carbonyl (C=O) groups is 3. The second-order valence-electron chi connectivity index (χ2n) is 8.20. The van der Waals surface area contributed by atoms with E-state index in [-0.39, 0.29) is 24.4 Å². The van der Waals surface area contributed by atoms with Gasteiger partial charge in [0.05, 0.1) is 0 Å². The summed E-state index contributed by atoms with van der Waals surface area (Å²) in [5, 5.41) is 5.80. The topological polar surface area (TPSA) is 78.5 Å². The first-order valence-electron chi connectivity index (χ1n) is 9.73. The molecular weight excluding hydrogens is 342 g/mol. The molecule has 3 rings (SSSR count). The molecule has 1 saturated heterocycles. The average Bonchev–Trinajstić information content (AvgIpc) is 2.83. The minimum atomic E-state index is -1.14. The molecule has 2 N–H and O–H groups in total. The molecule has 1 aliphatic heterocycles. The fraction of sp³-hybridized carbons (Fsp3) is 0.571. The van der Waals surface area contributed by atoms with Gasteiger partial charge in [-0.1, -0.05) is 51.0 Å². The van der Waals surface area contributed by atoms with Crippen molar-refractivity contribution in [1.82, 2.24) is 15.5 Å². The molecule has 27 heavy (non-hydrogen) atoms. The molecule has 0 aromatic heterocycles. The molecule has 6 heteroatoms. The summed E-state index contributed by atoms with van der Waals surface area (Å²) in [6.07, 6.45) is 3.21. The number of benzene rings is 1. The van der Waals surface area contributed by atoms with Crippen molar-refractivity contribution in [3.8, 4) is 0 Å². The molecule has 4 unspecified atom stereocenters.